The van der Waals surface area contributed by atoms with Crippen LogP contribution in [0.1, 0.15) is 77.8 Å². The Morgan fingerprint density at radius 3 is 2.47 bits per heavy atom. The van der Waals surface area contributed by atoms with Crippen molar-refractivity contribution in [2.24, 2.45) is 0 Å². The third-order valence-electron chi connectivity index (χ3n) is 7.09. The van der Waals surface area contributed by atoms with Gasteiger partial charge in [0.2, 0.25) is 0 Å². The van der Waals surface area contributed by atoms with E-state index in [1.165, 1.54) is 0 Å². The second kappa shape index (κ2) is 8.24. The zero-order valence-corrected chi connectivity index (χ0v) is 21.8. The highest BCUT2D eigenvalue weighted by molar-refractivity contribution is 6.74. The zero-order chi connectivity index (χ0) is 24.1. The molecule has 7 heteroatoms. The molecular formula is C25H38FNO4Si. The lowest BCUT2D eigenvalue weighted by Crippen LogP contribution is -2.55. The maximum Gasteiger partial charge on any atom is 0.421 e. The van der Waals surface area contributed by atoms with E-state index in [1.807, 2.05) is 18.2 Å². The van der Waals surface area contributed by atoms with Crippen molar-refractivity contribution in [2.75, 3.05) is 11.5 Å². The maximum absolute atomic E-state index is 15.8. The maximum atomic E-state index is 15.8. The molecule has 1 fully saturated rings. The molecule has 2 aliphatic rings. The number of hydrogen-bond acceptors (Lipinski definition) is 4. The molecule has 32 heavy (non-hydrogen) atoms. The molecule has 0 aromatic heterocycles. The fourth-order valence-corrected chi connectivity index (χ4v) is 5.33. The van der Waals surface area contributed by atoms with Gasteiger partial charge in [-0.2, -0.15) is 0 Å². The molecule has 0 bridgehead atoms. The van der Waals surface area contributed by atoms with Gasteiger partial charge < -0.3 is 9.16 Å². The summed E-state index contributed by atoms with van der Waals surface area (Å²) >= 11 is 0. The molecule has 1 aromatic carbocycles. The molecule has 0 saturated heterocycles. The number of carbonyl (C=O) groups is 2. The lowest BCUT2D eigenvalue weighted by molar-refractivity contribution is -0.131. The lowest BCUT2D eigenvalue weighted by atomic mass is 9.80. The predicted molar refractivity (Wildman–Crippen MR) is 127 cm³/mol. The molecular weight excluding hydrogens is 425 g/mol. The Morgan fingerprint density at radius 1 is 1.22 bits per heavy atom. The summed E-state index contributed by atoms with van der Waals surface area (Å²) in [7, 11) is -1.87. The highest BCUT2D eigenvalue weighted by atomic mass is 28.4. The molecule has 1 aliphatic carbocycles. The smallest absolute Gasteiger partial charge is 0.421 e. The number of ether oxygens (including phenoxy) is 1. The highest BCUT2D eigenvalue weighted by Gasteiger charge is 2.58. The van der Waals surface area contributed by atoms with Crippen LogP contribution in [0.2, 0.25) is 18.1 Å². The van der Waals surface area contributed by atoms with Crippen LogP contribution in [0.4, 0.5) is 14.9 Å². The first-order valence-corrected chi connectivity index (χ1v) is 14.5. The van der Waals surface area contributed by atoms with E-state index in [0.29, 0.717) is 37.1 Å². The van der Waals surface area contributed by atoms with Crippen LogP contribution in [0.15, 0.2) is 18.2 Å². The van der Waals surface area contributed by atoms with E-state index in [4.69, 9.17) is 9.16 Å². The van der Waals surface area contributed by atoms with E-state index in [1.54, 1.807) is 20.8 Å². The molecule has 0 N–H and O–H groups in total. The van der Waals surface area contributed by atoms with Crippen molar-refractivity contribution in [3.05, 3.63) is 29.3 Å². The van der Waals surface area contributed by atoms with Crippen LogP contribution < -0.4 is 4.90 Å². The summed E-state index contributed by atoms with van der Waals surface area (Å²) in [4.78, 5) is 27.1. The Labute approximate surface area is 192 Å². The van der Waals surface area contributed by atoms with E-state index >= 15 is 4.39 Å². The standard InChI is InChI=1S/C25H38FNO4Si/c1-23(2,3)31-22(29)27-20-16-17(13-15-30-32(7,8)24(4,5)6)11-12-18(20)19-10-9-14-25(19,26)21(27)28/h11-12,16,19H,9-10,13-15H2,1-8H3. The van der Waals surface area contributed by atoms with Gasteiger partial charge >= 0.3 is 6.09 Å². The van der Waals surface area contributed by atoms with Crippen LogP contribution in [-0.4, -0.2) is 38.2 Å². The first-order valence-electron chi connectivity index (χ1n) is 11.6. The second-order valence-corrected chi connectivity index (χ2v) is 16.5. The van der Waals surface area contributed by atoms with Gasteiger partial charge in [0.05, 0.1) is 5.69 Å². The average molecular weight is 464 g/mol. The summed E-state index contributed by atoms with van der Waals surface area (Å²) in [6.45, 7) is 16.8. The van der Waals surface area contributed by atoms with Gasteiger partial charge in [0.25, 0.3) is 5.91 Å². The molecule has 1 heterocycles. The van der Waals surface area contributed by atoms with Gasteiger partial charge in [0.15, 0.2) is 14.0 Å². The number of benzene rings is 1. The van der Waals surface area contributed by atoms with Gasteiger partial charge in [0.1, 0.15) is 5.60 Å². The SMILES string of the molecule is CC(C)(C)OC(=O)N1C(=O)C2(F)CCCC2c2ccc(CCO[Si](C)(C)C(C)(C)C)cc21. The second-order valence-electron chi connectivity index (χ2n) is 11.7. The molecule has 0 spiro atoms. The minimum absolute atomic E-state index is 0.121. The summed E-state index contributed by atoms with van der Waals surface area (Å²) < 4.78 is 27.6. The largest absolute Gasteiger partial charge is 0.443 e. The number of fused-ring (bicyclic) bond motifs is 3. The normalized spacial score (nSPS) is 23.7. The molecule has 178 valence electrons. The van der Waals surface area contributed by atoms with E-state index in [9.17, 15) is 9.59 Å². The minimum Gasteiger partial charge on any atom is -0.443 e. The number of carbonyl (C=O) groups excluding carboxylic acids is 2. The molecule has 2 atom stereocenters. The Hall–Kier alpha value is -1.73. The molecule has 3 rings (SSSR count). The Balaban J connectivity index is 1.91. The van der Waals surface area contributed by atoms with Crippen LogP contribution in [-0.2, 0) is 20.4 Å². The molecule has 0 radical (unpaired) electrons. The lowest BCUT2D eigenvalue weighted by Gasteiger charge is -2.39. The fourth-order valence-electron chi connectivity index (χ4n) is 4.28. The van der Waals surface area contributed by atoms with Crippen molar-refractivity contribution >= 4 is 26.0 Å². The van der Waals surface area contributed by atoms with E-state index in [0.717, 1.165) is 10.5 Å². The summed E-state index contributed by atoms with van der Waals surface area (Å²) in [5, 5.41) is 0.121. The van der Waals surface area contributed by atoms with Crippen molar-refractivity contribution in [1.82, 2.24) is 0 Å². The Bertz CT molecular complexity index is 902. The quantitative estimate of drug-likeness (QED) is 0.478. The third-order valence-corrected chi connectivity index (χ3v) is 11.6. The molecule has 1 aliphatic heterocycles. The Kier molecular flexibility index (Phi) is 6.41. The van der Waals surface area contributed by atoms with E-state index in [-0.39, 0.29) is 11.5 Å². The summed E-state index contributed by atoms with van der Waals surface area (Å²) in [5.41, 5.74) is -0.717. The van der Waals surface area contributed by atoms with Crippen LogP contribution in [0, 0.1) is 0 Å². The van der Waals surface area contributed by atoms with E-state index < -0.39 is 37.5 Å². The minimum atomic E-state index is -2.04. The van der Waals surface area contributed by atoms with Crippen molar-refractivity contribution in [3.63, 3.8) is 0 Å². The number of amides is 2. The van der Waals surface area contributed by atoms with Gasteiger partial charge in [0, 0.05) is 12.5 Å². The third kappa shape index (κ3) is 4.64. The van der Waals surface area contributed by atoms with Gasteiger partial charge in [-0.1, -0.05) is 32.9 Å². The zero-order valence-electron chi connectivity index (χ0n) is 20.8. The molecule has 1 saturated carbocycles. The molecule has 5 nitrogen and oxygen atoms in total. The molecule has 2 unspecified atom stereocenters. The summed E-state index contributed by atoms with van der Waals surface area (Å²) in [6.07, 6.45) is 1.20. The number of halogens is 1. The molecule has 1 aromatic rings. The van der Waals surface area contributed by atoms with Crippen molar-refractivity contribution in [2.45, 2.75) is 103 Å². The number of rotatable bonds is 4. The van der Waals surface area contributed by atoms with Crippen LogP contribution in [0.25, 0.3) is 0 Å². The number of alkyl halides is 1. The van der Waals surface area contributed by atoms with Crippen LogP contribution in [0.5, 0.6) is 0 Å². The van der Waals surface area contributed by atoms with Gasteiger partial charge in [-0.15, -0.1) is 0 Å². The average Bonchev–Trinajstić information content (AvgIpc) is 3.02. The first kappa shape index (κ1) is 24.9. The fraction of sp³-hybridized carbons (Fsp3) is 0.680. The Morgan fingerprint density at radius 2 is 1.88 bits per heavy atom. The van der Waals surface area contributed by atoms with Crippen molar-refractivity contribution < 1.29 is 23.1 Å². The van der Waals surface area contributed by atoms with Gasteiger partial charge in [-0.25, -0.2) is 14.1 Å². The van der Waals surface area contributed by atoms with Crippen LogP contribution in [0.3, 0.4) is 0 Å². The van der Waals surface area contributed by atoms with E-state index in [2.05, 4.69) is 33.9 Å². The molecule has 2 amide bonds. The summed E-state index contributed by atoms with van der Waals surface area (Å²) in [5.74, 6) is -1.31. The topological polar surface area (TPSA) is 55.8 Å². The highest BCUT2D eigenvalue weighted by Crippen LogP contribution is 2.53. The summed E-state index contributed by atoms with van der Waals surface area (Å²) in [6, 6.07) is 5.69. The number of nitrogens with zero attached hydrogens (tertiary/aromatic N) is 1. The first-order chi connectivity index (χ1) is 14.6. The number of anilines is 1. The van der Waals surface area contributed by atoms with Crippen molar-refractivity contribution in [1.29, 1.82) is 0 Å². The van der Waals surface area contributed by atoms with Crippen molar-refractivity contribution in [3.8, 4) is 0 Å². The van der Waals surface area contributed by atoms with Gasteiger partial charge in [-0.3, -0.25) is 4.79 Å². The predicted octanol–water partition coefficient (Wildman–Crippen LogP) is 6.51. The number of imide groups is 1. The van der Waals surface area contributed by atoms with Crippen LogP contribution >= 0.6 is 0 Å². The van der Waals surface area contributed by atoms with Gasteiger partial charge in [-0.05, 0) is 81.8 Å². The number of hydrogen-bond donors (Lipinski definition) is 0. The monoisotopic (exact) mass is 463 g/mol.